The van der Waals surface area contributed by atoms with Gasteiger partial charge in [-0.3, -0.25) is 4.90 Å². The van der Waals surface area contributed by atoms with Gasteiger partial charge in [-0.1, -0.05) is 13.8 Å². The molecule has 0 aromatic rings. The molecule has 1 heterocycles. The lowest BCUT2D eigenvalue weighted by Crippen LogP contribution is -2.48. The number of nitrogens with zero attached hydrogens (tertiary/aromatic N) is 1. The van der Waals surface area contributed by atoms with Crippen molar-refractivity contribution in [3.63, 3.8) is 0 Å². The van der Waals surface area contributed by atoms with E-state index >= 15 is 0 Å². The largest absolute Gasteiger partial charge is 0.395 e. The van der Waals surface area contributed by atoms with Crippen molar-refractivity contribution in [3.8, 4) is 0 Å². The van der Waals surface area contributed by atoms with Crippen LogP contribution in [-0.4, -0.2) is 47.8 Å². The Morgan fingerprint density at radius 2 is 2.00 bits per heavy atom. The number of hydrogen-bond acceptors (Lipinski definition) is 3. The highest BCUT2D eigenvalue weighted by atomic mass is 16.3. The Hall–Kier alpha value is -0.120. The van der Waals surface area contributed by atoms with E-state index in [1.165, 1.54) is 0 Å². The minimum Gasteiger partial charge on any atom is -0.395 e. The van der Waals surface area contributed by atoms with Crippen LogP contribution < -0.4 is 5.32 Å². The quantitative estimate of drug-likeness (QED) is 0.685. The van der Waals surface area contributed by atoms with E-state index in [0.29, 0.717) is 0 Å². The Balaban J connectivity index is 2.76. The average molecular weight is 214 g/mol. The van der Waals surface area contributed by atoms with Gasteiger partial charge in [-0.2, -0.15) is 0 Å². The van der Waals surface area contributed by atoms with Crippen molar-refractivity contribution in [2.75, 3.05) is 26.2 Å². The van der Waals surface area contributed by atoms with Crippen molar-refractivity contribution >= 4 is 0 Å². The minimum absolute atomic E-state index is 0.177. The Morgan fingerprint density at radius 1 is 1.40 bits per heavy atom. The van der Waals surface area contributed by atoms with Crippen molar-refractivity contribution in [1.82, 2.24) is 10.2 Å². The predicted molar refractivity (Wildman–Crippen MR) is 64.0 cm³/mol. The maximum Gasteiger partial charge on any atom is 0.0597 e. The topological polar surface area (TPSA) is 35.5 Å². The van der Waals surface area contributed by atoms with Gasteiger partial charge in [0, 0.05) is 31.2 Å². The Bertz CT molecular complexity index is 208. The van der Waals surface area contributed by atoms with Gasteiger partial charge in [-0.15, -0.1) is 0 Å². The van der Waals surface area contributed by atoms with E-state index < -0.39 is 0 Å². The van der Waals surface area contributed by atoms with Gasteiger partial charge < -0.3 is 10.4 Å². The molecule has 90 valence electrons. The standard InChI is InChI=1S/C12H26N2O/c1-11(2,3)14-6-10(7-15)13-8-12(4,5)9-14/h10,13,15H,6-9H2,1-5H3. The molecule has 0 aromatic heterocycles. The molecule has 1 saturated heterocycles. The van der Waals surface area contributed by atoms with Gasteiger partial charge >= 0.3 is 0 Å². The van der Waals surface area contributed by atoms with Gasteiger partial charge in [-0.05, 0) is 26.2 Å². The lowest BCUT2D eigenvalue weighted by molar-refractivity contribution is 0.0907. The van der Waals surface area contributed by atoms with Crippen LogP contribution in [0, 0.1) is 5.41 Å². The molecular weight excluding hydrogens is 188 g/mol. The summed E-state index contributed by atoms with van der Waals surface area (Å²) in [6.07, 6.45) is 0. The van der Waals surface area contributed by atoms with Gasteiger partial charge in [0.05, 0.1) is 6.61 Å². The highest BCUT2D eigenvalue weighted by molar-refractivity contribution is 4.90. The molecule has 1 aliphatic rings. The fourth-order valence-corrected chi connectivity index (χ4v) is 2.02. The second kappa shape index (κ2) is 4.40. The molecule has 1 rings (SSSR count). The molecule has 1 fully saturated rings. The summed E-state index contributed by atoms with van der Waals surface area (Å²) in [6, 6.07) is 0.214. The summed E-state index contributed by atoms with van der Waals surface area (Å²) in [4.78, 5) is 2.47. The predicted octanol–water partition coefficient (Wildman–Crippen LogP) is 1.08. The van der Waals surface area contributed by atoms with Crippen molar-refractivity contribution in [2.24, 2.45) is 5.41 Å². The molecule has 1 aliphatic heterocycles. The van der Waals surface area contributed by atoms with Crippen LogP contribution in [0.4, 0.5) is 0 Å². The number of aliphatic hydroxyl groups is 1. The second-order valence-corrected chi connectivity index (χ2v) is 6.48. The smallest absolute Gasteiger partial charge is 0.0597 e. The lowest BCUT2D eigenvalue weighted by atomic mass is 9.91. The Kier molecular flexibility index (Phi) is 3.80. The molecule has 2 N–H and O–H groups in total. The summed E-state index contributed by atoms with van der Waals surface area (Å²) in [6.45, 7) is 14.5. The van der Waals surface area contributed by atoms with Crippen molar-refractivity contribution in [2.45, 2.75) is 46.2 Å². The average Bonchev–Trinajstić information content (AvgIpc) is 2.22. The van der Waals surface area contributed by atoms with Gasteiger partial charge in [0.2, 0.25) is 0 Å². The van der Waals surface area contributed by atoms with E-state index in [1.54, 1.807) is 0 Å². The van der Waals surface area contributed by atoms with E-state index in [4.69, 9.17) is 0 Å². The van der Waals surface area contributed by atoms with E-state index in [2.05, 4.69) is 44.8 Å². The van der Waals surface area contributed by atoms with E-state index in [1.807, 2.05) is 0 Å². The van der Waals surface area contributed by atoms with Gasteiger partial charge in [0.1, 0.15) is 0 Å². The van der Waals surface area contributed by atoms with Crippen LogP contribution in [0.25, 0.3) is 0 Å². The van der Waals surface area contributed by atoms with Crippen LogP contribution in [0.3, 0.4) is 0 Å². The highest BCUT2D eigenvalue weighted by Crippen LogP contribution is 2.24. The summed E-state index contributed by atoms with van der Waals surface area (Å²) < 4.78 is 0. The molecule has 0 radical (unpaired) electrons. The Morgan fingerprint density at radius 3 is 2.47 bits per heavy atom. The molecule has 0 amide bonds. The highest BCUT2D eigenvalue weighted by Gasteiger charge is 2.33. The first-order valence-corrected chi connectivity index (χ1v) is 5.84. The van der Waals surface area contributed by atoms with Crippen LogP contribution in [0.5, 0.6) is 0 Å². The normalized spacial score (nSPS) is 28.8. The SMILES string of the molecule is CC1(C)CNC(CO)CN(C(C)(C)C)C1. The number of aliphatic hydroxyl groups excluding tert-OH is 1. The molecule has 0 saturated carbocycles. The Labute approximate surface area is 93.9 Å². The number of hydrogen-bond donors (Lipinski definition) is 2. The molecule has 1 unspecified atom stereocenters. The maximum absolute atomic E-state index is 9.28. The van der Waals surface area contributed by atoms with Crippen molar-refractivity contribution in [1.29, 1.82) is 0 Å². The molecule has 0 aliphatic carbocycles. The van der Waals surface area contributed by atoms with Crippen molar-refractivity contribution in [3.05, 3.63) is 0 Å². The van der Waals surface area contributed by atoms with Crippen LogP contribution in [0.15, 0.2) is 0 Å². The number of nitrogens with one attached hydrogen (secondary N) is 1. The summed E-state index contributed by atoms with van der Waals surface area (Å²) in [5, 5.41) is 12.7. The molecule has 0 bridgehead atoms. The third-order valence-electron chi connectivity index (χ3n) is 3.10. The lowest BCUT2D eigenvalue weighted by Gasteiger charge is -2.39. The van der Waals surface area contributed by atoms with Crippen LogP contribution in [0.2, 0.25) is 0 Å². The fraction of sp³-hybridized carbons (Fsp3) is 1.00. The van der Waals surface area contributed by atoms with E-state index in [0.717, 1.165) is 19.6 Å². The van der Waals surface area contributed by atoms with E-state index in [-0.39, 0.29) is 23.6 Å². The molecule has 0 spiro atoms. The molecule has 15 heavy (non-hydrogen) atoms. The third-order valence-corrected chi connectivity index (χ3v) is 3.10. The van der Waals surface area contributed by atoms with E-state index in [9.17, 15) is 5.11 Å². The van der Waals surface area contributed by atoms with Gasteiger partial charge in [-0.25, -0.2) is 0 Å². The molecular formula is C12H26N2O. The first-order chi connectivity index (χ1) is 6.74. The summed E-state index contributed by atoms with van der Waals surface area (Å²) >= 11 is 0. The zero-order chi connectivity index (χ0) is 11.7. The molecule has 1 atom stereocenters. The zero-order valence-electron chi connectivity index (χ0n) is 10.8. The second-order valence-electron chi connectivity index (χ2n) is 6.48. The van der Waals surface area contributed by atoms with Gasteiger partial charge in [0.25, 0.3) is 0 Å². The first-order valence-electron chi connectivity index (χ1n) is 5.84. The van der Waals surface area contributed by atoms with Crippen LogP contribution >= 0.6 is 0 Å². The fourth-order valence-electron chi connectivity index (χ4n) is 2.02. The molecule has 0 aromatic carbocycles. The van der Waals surface area contributed by atoms with Gasteiger partial charge in [0.15, 0.2) is 0 Å². The van der Waals surface area contributed by atoms with Crippen LogP contribution in [0.1, 0.15) is 34.6 Å². The summed E-state index contributed by atoms with van der Waals surface area (Å²) in [5.41, 5.74) is 0.452. The first kappa shape index (κ1) is 12.9. The third kappa shape index (κ3) is 3.74. The number of rotatable bonds is 1. The molecule has 3 heteroatoms. The minimum atomic E-state index is 0.177. The maximum atomic E-state index is 9.28. The summed E-state index contributed by atoms with van der Waals surface area (Å²) in [7, 11) is 0. The zero-order valence-corrected chi connectivity index (χ0v) is 10.8. The monoisotopic (exact) mass is 214 g/mol. The molecule has 3 nitrogen and oxygen atoms in total. The van der Waals surface area contributed by atoms with Crippen LogP contribution in [-0.2, 0) is 0 Å². The summed E-state index contributed by atoms with van der Waals surface area (Å²) in [5.74, 6) is 0. The van der Waals surface area contributed by atoms with Crippen molar-refractivity contribution < 1.29 is 5.11 Å².